The summed E-state index contributed by atoms with van der Waals surface area (Å²) in [6.45, 7) is 5.27. The molecule has 2 aliphatic rings. The van der Waals surface area contributed by atoms with Gasteiger partial charge in [0.2, 0.25) is 5.91 Å². The molecule has 8 nitrogen and oxygen atoms in total. The standard InChI is InChI=1S/C24H28FN5O3/c1-16-2-4-17(5-3-16)22(29-10-12-33-13-11-29)15-27-24(32)20-14-21(23(26)31)30(28-20)19-8-6-18(25)7-9-19/h2-9,21-22H,10-15H2,1H3,(H2,26,31)(H,27,32). The van der Waals surface area contributed by atoms with E-state index in [-0.39, 0.29) is 24.1 Å². The van der Waals surface area contributed by atoms with Crippen molar-refractivity contribution in [2.24, 2.45) is 10.8 Å². The van der Waals surface area contributed by atoms with Crippen LogP contribution in [0.1, 0.15) is 23.6 Å². The summed E-state index contributed by atoms with van der Waals surface area (Å²) in [6, 6.07) is 13.0. The third-order valence-corrected chi connectivity index (χ3v) is 6.00. The Morgan fingerprint density at radius 2 is 1.82 bits per heavy atom. The van der Waals surface area contributed by atoms with Gasteiger partial charge >= 0.3 is 0 Å². The summed E-state index contributed by atoms with van der Waals surface area (Å²) in [5.41, 5.74) is 8.54. The van der Waals surface area contributed by atoms with Crippen molar-refractivity contribution < 1.29 is 18.7 Å². The Kier molecular flexibility index (Phi) is 7.00. The molecule has 0 saturated carbocycles. The van der Waals surface area contributed by atoms with E-state index in [2.05, 4.69) is 39.6 Å². The van der Waals surface area contributed by atoms with Crippen LogP contribution in [0.4, 0.5) is 10.1 Å². The topological polar surface area (TPSA) is 100 Å². The van der Waals surface area contributed by atoms with Gasteiger partial charge in [0.15, 0.2) is 0 Å². The molecular weight excluding hydrogens is 425 g/mol. The molecule has 2 heterocycles. The minimum absolute atomic E-state index is 0.0133. The van der Waals surface area contributed by atoms with Crippen LogP contribution in [0.2, 0.25) is 0 Å². The number of carbonyl (C=O) groups is 2. The Hall–Kier alpha value is -3.30. The summed E-state index contributed by atoms with van der Waals surface area (Å²) >= 11 is 0. The second-order valence-corrected chi connectivity index (χ2v) is 8.27. The van der Waals surface area contributed by atoms with Crippen molar-refractivity contribution >= 4 is 23.2 Å². The lowest BCUT2D eigenvalue weighted by atomic mass is 10.0. The lowest BCUT2D eigenvalue weighted by Crippen LogP contribution is -2.45. The Balaban J connectivity index is 1.49. The molecule has 2 amide bonds. The normalized spacial score (nSPS) is 19.8. The number of morpholine rings is 1. The average molecular weight is 454 g/mol. The van der Waals surface area contributed by atoms with Gasteiger partial charge < -0.3 is 15.8 Å². The Morgan fingerprint density at radius 1 is 1.15 bits per heavy atom. The number of primary amides is 1. The number of amides is 2. The molecule has 2 aromatic rings. The molecule has 0 aliphatic carbocycles. The zero-order valence-electron chi connectivity index (χ0n) is 18.5. The fraction of sp³-hybridized carbons (Fsp3) is 0.375. The molecule has 0 spiro atoms. The first-order chi connectivity index (χ1) is 15.9. The molecule has 0 aromatic heterocycles. The van der Waals surface area contributed by atoms with Gasteiger partial charge in [0.1, 0.15) is 17.6 Å². The van der Waals surface area contributed by atoms with Gasteiger partial charge in [0.05, 0.1) is 24.9 Å². The van der Waals surface area contributed by atoms with Gasteiger partial charge in [0.25, 0.3) is 5.91 Å². The first kappa shape index (κ1) is 22.9. The van der Waals surface area contributed by atoms with E-state index in [1.165, 1.54) is 34.8 Å². The number of halogens is 1. The summed E-state index contributed by atoms with van der Waals surface area (Å²) in [4.78, 5) is 27.3. The summed E-state index contributed by atoms with van der Waals surface area (Å²) in [5.74, 6) is -1.35. The largest absolute Gasteiger partial charge is 0.379 e. The third-order valence-electron chi connectivity index (χ3n) is 6.00. The van der Waals surface area contributed by atoms with Crippen LogP contribution < -0.4 is 16.1 Å². The number of nitrogens with one attached hydrogen (secondary N) is 1. The Bertz CT molecular complexity index is 1020. The zero-order valence-corrected chi connectivity index (χ0v) is 18.5. The summed E-state index contributed by atoms with van der Waals surface area (Å²) in [5, 5.41) is 8.72. The van der Waals surface area contributed by atoms with Crippen LogP contribution in [0.25, 0.3) is 0 Å². The number of nitrogens with two attached hydrogens (primary N) is 1. The summed E-state index contributed by atoms with van der Waals surface area (Å²) in [7, 11) is 0. The monoisotopic (exact) mass is 453 g/mol. The summed E-state index contributed by atoms with van der Waals surface area (Å²) < 4.78 is 18.8. The van der Waals surface area contributed by atoms with Crippen molar-refractivity contribution in [3.8, 4) is 0 Å². The van der Waals surface area contributed by atoms with Crippen molar-refractivity contribution in [2.45, 2.75) is 25.4 Å². The van der Waals surface area contributed by atoms with Crippen molar-refractivity contribution in [3.05, 3.63) is 65.5 Å². The Labute approximate surface area is 192 Å². The van der Waals surface area contributed by atoms with Gasteiger partial charge in [-0.15, -0.1) is 0 Å². The van der Waals surface area contributed by atoms with Crippen LogP contribution in [-0.4, -0.2) is 61.3 Å². The van der Waals surface area contributed by atoms with Crippen LogP contribution in [-0.2, 0) is 14.3 Å². The molecule has 2 atom stereocenters. The number of aryl methyl sites for hydroxylation is 1. The highest BCUT2D eigenvalue weighted by molar-refractivity contribution is 6.40. The van der Waals surface area contributed by atoms with E-state index in [1.807, 2.05) is 6.92 Å². The minimum Gasteiger partial charge on any atom is -0.379 e. The molecule has 4 rings (SSSR count). The lowest BCUT2D eigenvalue weighted by molar-refractivity contribution is -0.119. The first-order valence-electron chi connectivity index (χ1n) is 11.0. The summed E-state index contributed by atoms with van der Waals surface area (Å²) in [6.07, 6.45) is 0.0886. The van der Waals surface area contributed by atoms with E-state index < -0.39 is 17.8 Å². The van der Waals surface area contributed by atoms with Crippen molar-refractivity contribution in [1.29, 1.82) is 0 Å². The van der Waals surface area contributed by atoms with E-state index in [1.54, 1.807) is 0 Å². The van der Waals surface area contributed by atoms with Crippen LogP contribution in [0.15, 0.2) is 53.6 Å². The van der Waals surface area contributed by atoms with Gasteiger partial charge in [-0.25, -0.2) is 4.39 Å². The number of nitrogens with zero attached hydrogens (tertiary/aromatic N) is 3. The maximum absolute atomic E-state index is 13.3. The Morgan fingerprint density at radius 3 is 2.45 bits per heavy atom. The number of rotatable bonds is 7. The fourth-order valence-corrected chi connectivity index (χ4v) is 4.13. The molecule has 0 bridgehead atoms. The van der Waals surface area contributed by atoms with Gasteiger partial charge in [-0.3, -0.25) is 19.5 Å². The lowest BCUT2D eigenvalue weighted by Gasteiger charge is -2.35. The number of ether oxygens (including phenoxy) is 1. The second kappa shape index (κ2) is 10.1. The fourth-order valence-electron chi connectivity index (χ4n) is 4.13. The van der Waals surface area contributed by atoms with Crippen molar-refractivity contribution in [3.63, 3.8) is 0 Å². The van der Waals surface area contributed by atoms with Gasteiger partial charge in [-0.05, 0) is 36.8 Å². The highest BCUT2D eigenvalue weighted by Crippen LogP contribution is 2.26. The van der Waals surface area contributed by atoms with Crippen LogP contribution in [0.3, 0.4) is 0 Å². The number of anilines is 1. The number of hydrazone groups is 1. The molecule has 33 heavy (non-hydrogen) atoms. The van der Waals surface area contributed by atoms with E-state index in [0.29, 0.717) is 25.4 Å². The molecule has 0 radical (unpaired) electrons. The molecular formula is C24H28FN5O3. The molecule has 1 saturated heterocycles. The van der Waals surface area contributed by atoms with Gasteiger partial charge in [-0.1, -0.05) is 29.8 Å². The molecule has 174 valence electrons. The van der Waals surface area contributed by atoms with Crippen molar-refractivity contribution in [1.82, 2.24) is 10.2 Å². The second-order valence-electron chi connectivity index (χ2n) is 8.27. The zero-order chi connectivity index (χ0) is 23.4. The first-order valence-corrected chi connectivity index (χ1v) is 11.0. The average Bonchev–Trinajstić information content (AvgIpc) is 3.27. The van der Waals surface area contributed by atoms with E-state index in [4.69, 9.17) is 10.5 Å². The van der Waals surface area contributed by atoms with Gasteiger partial charge in [-0.2, -0.15) is 5.10 Å². The van der Waals surface area contributed by atoms with E-state index >= 15 is 0 Å². The van der Waals surface area contributed by atoms with E-state index in [9.17, 15) is 14.0 Å². The predicted molar refractivity (Wildman–Crippen MR) is 123 cm³/mol. The SMILES string of the molecule is Cc1ccc(C(CNC(=O)C2=NN(c3ccc(F)cc3)C(C(N)=O)C2)N2CCOCC2)cc1. The van der Waals surface area contributed by atoms with Crippen molar-refractivity contribution in [2.75, 3.05) is 37.9 Å². The van der Waals surface area contributed by atoms with Crippen LogP contribution in [0, 0.1) is 12.7 Å². The smallest absolute Gasteiger partial charge is 0.267 e. The third kappa shape index (κ3) is 5.37. The number of hydrogen-bond acceptors (Lipinski definition) is 6. The highest BCUT2D eigenvalue weighted by Gasteiger charge is 2.35. The molecule has 1 fully saturated rings. The molecule has 9 heteroatoms. The quantitative estimate of drug-likeness (QED) is 0.665. The van der Waals surface area contributed by atoms with Gasteiger partial charge in [0, 0.05) is 26.1 Å². The predicted octanol–water partition coefficient (Wildman–Crippen LogP) is 1.74. The van der Waals surface area contributed by atoms with E-state index in [0.717, 1.165) is 18.7 Å². The number of carbonyl (C=O) groups excluding carboxylic acids is 2. The van der Waals surface area contributed by atoms with Crippen LogP contribution >= 0.6 is 0 Å². The van der Waals surface area contributed by atoms with Crippen LogP contribution in [0.5, 0.6) is 0 Å². The molecule has 2 aliphatic heterocycles. The minimum atomic E-state index is -0.802. The maximum atomic E-state index is 13.3. The highest BCUT2D eigenvalue weighted by atomic mass is 19.1. The maximum Gasteiger partial charge on any atom is 0.267 e. The number of hydrogen-bond donors (Lipinski definition) is 2. The molecule has 2 aromatic carbocycles. The molecule has 2 unspecified atom stereocenters. The molecule has 3 N–H and O–H groups in total. The number of benzene rings is 2.